The molecular formula is C35H60O5. The molecule has 0 radical (unpaired) electrons. The summed E-state index contributed by atoms with van der Waals surface area (Å²) in [5, 5.41) is 9.48. The molecule has 40 heavy (non-hydrogen) atoms. The molecule has 0 bridgehead atoms. The fraction of sp³-hybridized carbons (Fsp3) is 0.714. The summed E-state index contributed by atoms with van der Waals surface area (Å²) in [5.74, 6) is -0.642. The highest BCUT2D eigenvalue weighted by Gasteiger charge is 2.16. The molecule has 230 valence electrons. The zero-order valence-corrected chi connectivity index (χ0v) is 25.8. The standard InChI is InChI=1S/C35H60O5/c1-3-5-7-9-11-13-15-17-19-21-23-25-27-29-34(37)39-32-33(31-36)40-35(38)30-28-26-24-22-20-18-16-14-12-10-8-6-4-2/h6,8,12-15,18,20,33,36H,3-5,7,9-11,16-17,19,21-32H2,1-2H3/b8-6-,14-12-,15-13-,20-18-. The van der Waals surface area contributed by atoms with Crippen molar-refractivity contribution in [2.45, 2.75) is 148 Å². The summed E-state index contributed by atoms with van der Waals surface area (Å²) in [5.41, 5.74) is 0. The van der Waals surface area contributed by atoms with Crippen LogP contribution in [0, 0.1) is 0 Å². The van der Waals surface area contributed by atoms with E-state index in [-0.39, 0.29) is 25.2 Å². The van der Waals surface area contributed by atoms with Gasteiger partial charge in [-0.2, -0.15) is 0 Å². The Hall–Kier alpha value is -2.14. The van der Waals surface area contributed by atoms with Crippen LogP contribution in [0.2, 0.25) is 0 Å². The van der Waals surface area contributed by atoms with Crippen molar-refractivity contribution >= 4 is 11.9 Å². The molecule has 0 aromatic heterocycles. The molecule has 0 saturated carbocycles. The van der Waals surface area contributed by atoms with E-state index < -0.39 is 6.10 Å². The maximum absolute atomic E-state index is 12.1. The molecule has 0 aromatic rings. The molecule has 0 heterocycles. The van der Waals surface area contributed by atoms with Gasteiger partial charge >= 0.3 is 11.9 Å². The monoisotopic (exact) mass is 560 g/mol. The van der Waals surface area contributed by atoms with E-state index in [9.17, 15) is 14.7 Å². The first kappa shape index (κ1) is 37.9. The van der Waals surface area contributed by atoms with Crippen molar-refractivity contribution in [1.29, 1.82) is 0 Å². The molecule has 0 aliphatic heterocycles. The smallest absolute Gasteiger partial charge is 0.306 e. The molecule has 5 heteroatoms. The Morgan fingerprint density at radius 2 is 1.07 bits per heavy atom. The van der Waals surface area contributed by atoms with E-state index in [2.05, 4.69) is 62.5 Å². The fourth-order valence-electron chi connectivity index (χ4n) is 4.15. The lowest BCUT2D eigenvalue weighted by atomic mass is 10.1. The molecule has 1 N–H and O–H groups in total. The average molecular weight is 561 g/mol. The number of carbonyl (C=O) groups excluding carboxylic acids is 2. The zero-order chi connectivity index (χ0) is 29.4. The van der Waals surface area contributed by atoms with Gasteiger partial charge in [-0.15, -0.1) is 0 Å². The number of rotatable bonds is 28. The predicted molar refractivity (Wildman–Crippen MR) is 168 cm³/mol. The van der Waals surface area contributed by atoms with Crippen LogP contribution in [0.4, 0.5) is 0 Å². The Morgan fingerprint density at radius 1 is 0.600 bits per heavy atom. The number of hydrogen-bond acceptors (Lipinski definition) is 5. The number of hydrogen-bond donors (Lipinski definition) is 1. The van der Waals surface area contributed by atoms with Gasteiger partial charge in [0.25, 0.3) is 0 Å². The van der Waals surface area contributed by atoms with Crippen molar-refractivity contribution in [3.05, 3.63) is 48.6 Å². The Balaban J connectivity index is 3.67. The summed E-state index contributed by atoms with van der Waals surface area (Å²) in [7, 11) is 0. The average Bonchev–Trinajstić information content (AvgIpc) is 2.96. The number of ether oxygens (including phenoxy) is 2. The maximum Gasteiger partial charge on any atom is 0.306 e. The van der Waals surface area contributed by atoms with Gasteiger partial charge in [-0.3, -0.25) is 9.59 Å². The normalized spacial score (nSPS) is 12.8. The van der Waals surface area contributed by atoms with Crippen LogP contribution in [0.3, 0.4) is 0 Å². The Kier molecular flexibility index (Phi) is 29.7. The number of aliphatic hydroxyl groups is 1. The van der Waals surface area contributed by atoms with Crippen molar-refractivity contribution in [2.75, 3.05) is 13.2 Å². The summed E-state index contributed by atoms with van der Waals surface area (Å²) >= 11 is 0. The summed E-state index contributed by atoms with van der Waals surface area (Å²) in [6.45, 7) is 3.95. The highest BCUT2D eigenvalue weighted by Crippen LogP contribution is 2.10. The van der Waals surface area contributed by atoms with Gasteiger partial charge in [-0.05, 0) is 70.6 Å². The third kappa shape index (κ3) is 28.9. The molecule has 5 nitrogen and oxygen atoms in total. The van der Waals surface area contributed by atoms with E-state index in [1.807, 2.05) is 0 Å². The number of carbonyl (C=O) groups is 2. The minimum atomic E-state index is -0.787. The van der Waals surface area contributed by atoms with E-state index in [1.54, 1.807) is 0 Å². The number of unbranched alkanes of at least 4 members (excludes halogenated alkanes) is 12. The second-order valence-corrected chi connectivity index (χ2v) is 10.5. The fourth-order valence-corrected chi connectivity index (χ4v) is 4.15. The molecule has 0 rings (SSSR count). The molecule has 0 amide bonds. The molecule has 0 aromatic carbocycles. The molecule has 0 fully saturated rings. The first-order chi connectivity index (χ1) is 19.6. The largest absolute Gasteiger partial charge is 0.462 e. The second kappa shape index (κ2) is 31.4. The summed E-state index contributed by atoms with van der Waals surface area (Å²) in [6.07, 6.45) is 37.3. The number of esters is 2. The van der Waals surface area contributed by atoms with E-state index in [0.29, 0.717) is 12.8 Å². The van der Waals surface area contributed by atoms with Gasteiger partial charge in [-0.25, -0.2) is 0 Å². The highest BCUT2D eigenvalue weighted by molar-refractivity contribution is 5.70. The van der Waals surface area contributed by atoms with Crippen LogP contribution in [-0.2, 0) is 19.1 Å². The molecule has 0 aliphatic carbocycles. The lowest BCUT2D eigenvalue weighted by Gasteiger charge is -2.15. The van der Waals surface area contributed by atoms with Gasteiger partial charge in [0.05, 0.1) is 6.61 Å². The molecular weight excluding hydrogens is 500 g/mol. The third-order valence-corrected chi connectivity index (χ3v) is 6.61. The van der Waals surface area contributed by atoms with Crippen LogP contribution in [0.25, 0.3) is 0 Å². The van der Waals surface area contributed by atoms with Crippen LogP contribution in [-0.4, -0.2) is 36.4 Å². The minimum Gasteiger partial charge on any atom is -0.462 e. The van der Waals surface area contributed by atoms with Gasteiger partial charge in [0.1, 0.15) is 6.61 Å². The summed E-state index contributed by atoms with van der Waals surface area (Å²) in [6, 6.07) is 0. The minimum absolute atomic E-state index is 0.0833. The van der Waals surface area contributed by atoms with Gasteiger partial charge in [-0.1, -0.05) is 107 Å². The number of aliphatic hydroxyl groups excluding tert-OH is 1. The number of allylic oxidation sites excluding steroid dienone is 8. The Bertz CT molecular complexity index is 692. The van der Waals surface area contributed by atoms with Crippen molar-refractivity contribution in [3.63, 3.8) is 0 Å². The maximum atomic E-state index is 12.1. The van der Waals surface area contributed by atoms with Crippen molar-refractivity contribution in [1.82, 2.24) is 0 Å². The quantitative estimate of drug-likeness (QED) is 0.0586. The molecule has 0 saturated heterocycles. The first-order valence-corrected chi connectivity index (χ1v) is 16.2. The molecule has 0 aliphatic rings. The van der Waals surface area contributed by atoms with Crippen LogP contribution in [0.5, 0.6) is 0 Å². The van der Waals surface area contributed by atoms with Gasteiger partial charge in [0.2, 0.25) is 0 Å². The van der Waals surface area contributed by atoms with Gasteiger partial charge < -0.3 is 14.6 Å². The Morgan fingerprint density at radius 3 is 1.68 bits per heavy atom. The lowest BCUT2D eigenvalue weighted by molar-refractivity contribution is -0.161. The van der Waals surface area contributed by atoms with E-state index in [0.717, 1.165) is 70.6 Å². The molecule has 1 unspecified atom stereocenters. The molecule has 0 spiro atoms. The van der Waals surface area contributed by atoms with Crippen LogP contribution in [0.1, 0.15) is 142 Å². The highest BCUT2D eigenvalue weighted by atomic mass is 16.6. The van der Waals surface area contributed by atoms with Gasteiger partial charge in [0.15, 0.2) is 6.10 Å². The van der Waals surface area contributed by atoms with E-state index in [1.165, 1.54) is 44.9 Å². The van der Waals surface area contributed by atoms with E-state index in [4.69, 9.17) is 9.47 Å². The van der Waals surface area contributed by atoms with Crippen LogP contribution < -0.4 is 0 Å². The van der Waals surface area contributed by atoms with Crippen molar-refractivity contribution in [2.24, 2.45) is 0 Å². The third-order valence-electron chi connectivity index (χ3n) is 6.61. The predicted octanol–water partition coefficient (Wildman–Crippen LogP) is 9.50. The molecule has 1 atom stereocenters. The Labute approximate surface area is 246 Å². The lowest BCUT2D eigenvalue weighted by Crippen LogP contribution is -2.28. The van der Waals surface area contributed by atoms with Crippen LogP contribution in [0.15, 0.2) is 48.6 Å². The van der Waals surface area contributed by atoms with E-state index >= 15 is 0 Å². The SMILES string of the molecule is CC/C=C\C/C=C\C/C=C\CCCCCC(=O)OC(CO)COC(=O)CCCCCCC/C=C\CCCCCC. The zero-order valence-electron chi connectivity index (χ0n) is 25.8. The second-order valence-electron chi connectivity index (χ2n) is 10.5. The van der Waals surface area contributed by atoms with Gasteiger partial charge in [0, 0.05) is 12.8 Å². The van der Waals surface area contributed by atoms with Crippen LogP contribution >= 0.6 is 0 Å². The first-order valence-electron chi connectivity index (χ1n) is 16.2. The summed E-state index contributed by atoms with van der Waals surface area (Å²) < 4.78 is 10.5. The van der Waals surface area contributed by atoms with Crippen molar-refractivity contribution < 1.29 is 24.2 Å². The topological polar surface area (TPSA) is 72.8 Å². The van der Waals surface area contributed by atoms with Crippen molar-refractivity contribution in [3.8, 4) is 0 Å². The summed E-state index contributed by atoms with van der Waals surface area (Å²) in [4.78, 5) is 24.1.